The number of hydrogen-bond donors (Lipinski definition) is 2. The second-order valence-corrected chi connectivity index (χ2v) is 11.9. The number of unbranched alkanes of at least 4 members (excludes halogenated alkanes) is 1. The summed E-state index contributed by atoms with van der Waals surface area (Å²) >= 11 is 0. The summed E-state index contributed by atoms with van der Waals surface area (Å²) in [7, 11) is 3.98. The number of nitrogens with one attached hydrogen (secondary N) is 2. The van der Waals surface area contributed by atoms with Gasteiger partial charge in [0.2, 0.25) is 11.8 Å². The SMILES string of the molecule is C=C(C)C(=O)NCCC(C)(C)OCCC(C)(C)NC(=O)CCCCC1CCSS1. The smallest absolute Gasteiger partial charge is 0.246 e. The zero-order valence-electron chi connectivity index (χ0n) is 18.9. The van der Waals surface area contributed by atoms with Gasteiger partial charge >= 0.3 is 0 Å². The van der Waals surface area contributed by atoms with Gasteiger partial charge in [0.25, 0.3) is 0 Å². The molecular weight excluding hydrogens is 404 g/mol. The molecule has 7 heteroatoms. The van der Waals surface area contributed by atoms with Crippen molar-refractivity contribution in [3.63, 3.8) is 0 Å². The van der Waals surface area contributed by atoms with Gasteiger partial charge in [-0.25, -0.2) is 0 Å². The first-order valence-corrected chi connectivity index (χ1v) is 13.1. The molecule has 2 amide bonds. The largest absolute Gasteiger partial charge is 0.375 e. The molecule has 0 aromatic heterocycles. The first-order chi connectivity index (χ1) is 13.5. The van der Waals surface area contributed by atoms with Crippen LogP contribution in [-0.4, -0.2) is 47.1 Å². The summed E-state index contributed by atoms with van der Waals surface area (Å²) in [5.74, 6) is 1.28. The van der Waals surface area contributed by atoms with Gasteiger partial charge < -0.3 is 15.4 Å². The van der Waals surface area contributed by atoms with Crippen molar-refractivity contribution in [1.82, 2.24) is 10.6 Å². The van der Waals surface area contributed by atoms with Gasteiger partial charge in [-0.2, -0.15) is 0 Å². The van der Waals surface area contributed by atoms with Crippen LogP contribution in [0.3, 0.4) is 0 Å². The van der Waals surface area contributed by atoms with Crippen molar-refractivity contribution in [3.8, 4) is 0 Å². The molecule has 2 N–H and O–H groups in total. The molecule has 0 aromatic rings. The van der Waals surface area contributed by atoms with Gasteiger partial charge in [0.05, 0.1) is 5.60 Å². The molecule has 5 nitrogen and oxygen atoms in total. The Kier molecular flexibility index (Phi) is 11.7. The van der Waals surface area contributed by atoms with E-state index in [1.54, 1.807) is 6.92 Å². The Bertz CT molecular complexity index is 544. The lowest BCUT2D eigenvalue weighted by molar-refractivity contribution is -0.123. The fourth-order valence-corrected chi connectivity index (χ4v) is 6.03. The van der Waals surface area contributed by atoms with Gasteiger partial charge in [0.1, 0.15) is 0 Å². The molecule has 0 aromatic carbocycles. The molecule has 0 bridgehead atoms. The summed E-state index contributed by atoms with van der Waals surface area (Å²) in [4.78, 5) is 23.8. The second kappa shape index (κ2) is 12.9. The van der Waals surface area contributed by atoms with Crippen LogP contribution < -0.4 is 10.6 Å². The van der Waals surface area contributed by atoms with Crippen molar-refractivity contribution in [2.75, 3.05) is 18.9 Å². The standard InChI is InChI=1S/C22H40N2O3S2/c1-17(2)20(26)23-14-12-22(5,6)27-15-13-21(3,4)24-19(25)10-8-7-9-18-11-16-28-29-18/h18H,1,7-16H2,2-6H3,(H,23,26)(H,24,25). The molecule has 0 aliphatic carbocycles. The van der Waals surface area contributed by atoms with E-state index in [1.807, 2.05) is 49.3 Å². The van der Waals surface area contributed by atoms with Crippen molar-refractivity contribution in [2.45, 2.75) is 96.0 Å². The molecule has 1 aliphatic rings. The predicted molar refractivity (Wildman–Crippen MR) is 126 cm³/mol. The highest BCUT2D eigenvalue weighted by Crippen LogP contribution is 2.39. The minimum Gasteiger partial charge on any atom is -0.375 e. The Labute approximate surface area is 185 Å². The number of hydrogen-bond acceptors (Lipinski definition) is 5. The highest BCUT2D eigenvalue weighted by molar-refractivity contribution is 8.77. The predicted octanol–water partition coefficient (Wildman–Crippen LogP) is 4.86. The van der Waals surface area contributed by atoms with E-state index in [0.717, 1.165) is 30.9 Å². The number of carbonyl (C=O) groups excluding carboxylic acids is 2. The summed E-state index contributed by atoms with van der Waals surface area (Å²) < 4.78 is 6.02. The zero-order chi connectivity index (χ0) is 21.9. The van der Waals surface area contributed by atoms with Crippen LogP contribution >= 0.6 is 21.6 Å². The van der Waals surface area contributed by atoms with Gasteiger partial charge in [-0.3, -0.25) is 9.59 Å². The highest BCUT2D eigenvalue weighted by atomic mass is 33.1. The van der Waals surface area contributed by atoms with Crippen molar-refractivity contribution in [2.24, 2.45) is 0 Å². The molecule has 1 rings (SSSR count). The summed E-state index contributed by atoms with van der Waals surface area (Å²) in [6, 6.07) is 0. The van der Waals surface area contributed by atoms with Gasteiger partial charge in [-0.05, 0) is 66.7 Å². The van der Waals surface area contributed by atoms with Crippen LogP contribution in [-0.2, 0) is 14.3 Å². The van der Waals surface area contributed by atoms with Crippen molar-refractivity contribution in [3.05, 3.63) is 12.2 Å². The molecule has 0 saturated carbocycles. The average Bonchev–Trinajstić information content (AvgIpc) is 3.11. The molecule has 168 valence electrons. The Balaban J connectivity index is 2.17. The van der Waals surface area contributed by atoms with E-state index in [0.29, 0.717) is 25.1 Å². The highest BCUT2D eigenvalue weighted by Gasteiger charge is 2.24. The molecular formula is C22H40N2O3S2. The fraction of sp³-hybridized carbons (Fsp3) is 0.818. The molecule has 1 unspecified atom stereocenters. The lowest BCUT2D eigenvalue weighted by Gasteiger charge is -2.30. The lowest BCUT2D eigenvalue weighted by Crippen LogP contribution is -2.44. The first-order valence-electron chi connectivity index (χ1n) is 10.7. The van der Waals surface area contributed by atoms with Gasteiger partial charge in [-0.15, -0.1) is 0 Å². The second-order valence-electron chi connectivity index (χ2n) is 9.15. The Morgan fingerprint density at radius 2 is 1.90 bits per heavy atom. The third kappa shape index (κ3) is 12.6. The van der Waals surface area contributed by atoms with Crippen LogP contribution in [0.4, 0.5) is 0 Å². The molecule has 1 saturated heterocycles. The molecule has 0 spiro atoms. The van der Waals surface area contributed by atoms with Gasteiger partial charge in [0, 0.05) is 41.7 Å². The van der Waals surface area contributed by atoms with Crippen LogP contribution in [0.2, 0.25) is 0 Å². The molecule has 1 atom stereocenters. The Hall–Kier alpha value is -0.660. The average molecular weight is 445 g/mol. The van der Waals surface area contributed by atoms with E-state index < -0.39 is 0 Å². The number of ether oxygens (including phenoxy) is 1. The minimum atomic E-state index is -0.334. The number of rotatable bonds is 14. The maximum atomic E-state index is 12.3. The topological polar surface area (TPSA) is 67.4 Å². The number of carbonyl (C=O) groups is 2. The normalized spacial score (nSPS) is 17.2. The summed E-state index contributed by atoms with van der Waals surface area (Å²) in [5.41, 5.74) is -0.115. The van der Waals surface area contributed by atoms with E-state index in [2.05, 4.69) is 17.2 Å². The van der Waals surface area contributed by atoms with Crippen LogP contribution in [0.5, 0.6) is 0 Å². The van der Waals surface area contributed by atoms with E-state index in [1.165, 1.54) is 18.6 Å². The number of amides is 2. The van der Waals surface area contributed by atoms with E-state index in [9.17, 15) is 9.59 Å². The Morgan fingerprint density at radius 1 is 1.17 bits per heavy atom. The molecule has 0 radical (unpaired) electrons. The van der Waals surface area contributed by atoms with Gasteiger partial charge in [-0.1, -0.05) is 34.6 Å². The fourth-order valence-electron chi connectivity index (χ4n) is 3.01. The molecule has 29 heavy (non-hydrogen) atoms. The van der Waals surface area contributed by atoms with Crippen molar-refractivity contribution < 1.29 is 14.3 Å². The van der Waals surface area contributed by atoms with Crippen molar-refractivity contribution in [1.29, 1.82) is 0 Å². The quantitative estimate of drug-likeness (QED) is 0.227. The van der Waals surface area contributed by atoms with Crippen LogP contribution in [0, 0.1) is 0 Å². The zero-order valence-corrected chi connectivity index (χ0v) is 20.5. The van der Waals surface area contributed by atoms with Crippen LogP contribution in [0.1, 0.15) is 79.6 Å². The Morgan fingerprint density at radius 3 is 2.52 bits per heavy atom. The molecule has 1 fully saturated rings. The van der Waals surface area contributed by atoms with E-state index in [4.69, 9.17) is 4.74 Å². The third-order valence-corrected chi connectivity index (χ3v) is 8.01. The summed E-state index contributed by atoms with van der Waals surface area (Å²) in [6.07, 6.45) is 6.69. The van der Waals surface area contributed by atoms with Crippen molar-refractivity contribution >= 4 is 33.4 Å². The minimum absolute atomic E-state index is 0.120. The van der Waals surface area contributed by atoms with E-state index >= 15 is 0 Å². The monoisotopic (exact) mass is 444 g/mol. The van der Waals surface area contributed by atoms with Crippen LogP contribution in [0.25, 0.3) is 0 Å². The lowest BCUT2D eigenvalue weighted by atomic mass is 9.99. The molecule has 1 aliphatic heterocycles. The molecule has 1 heterocycles. The first kappa shape index (κ1) is 26.4. The third-order valence-electron chi connectivity index (χ3n) is 5.01. The van der Waals surface area contributed by atoms with Gasteiger partial charge in [0.15, 0.2) is 0 Å². The van der Waals surface area contributed by atoms with E-state index in [-0.39, 0.29) is 23.0 Å². The summed E-state index contributed by atoms with van der Waals surface area (Å²) in [5, 5.41) is 6.77. The maximum absolute atomic E-state index is 12.3. The van der Waals surface area contributed by atoms with Crippen LogP contribution in [0.15, 0.2) is 12.2 Å². The maximum Gasteiger partial charge on any atom is 0.246 e. The summed E-state index contributed by atoms with van der Waals surface area (Å²) in [6.45, 7) is 14.6.